The van der Waals surface area contributed by atoms with Crippen molar-refractivity contribution < 1.29 is 18.0 Å². The van der Waals surface area contributed by atoms with Crippen molar-refractivity contribution in [2.45, 2.75) is 72.0 Å². The third-order valence-corrected chi connectivity index (χ3v) is 8.28. The zero-order chi connectivity index (χ0) is 31.1. The quantitative estimate of drug-likeness (QED) is 0.270. The van der Waals surface area contributed by atoms with E-state index in [4.69, 9.17) is 11.6 Å². The standard InChI is InChI=1S/C33H42ClN3O4S/c1-24-19-25(2)21-28(20-24)37(42(6,40)41)18-12-17-31(38)36(23-27-15-10-11-16-29(27)34)30(32(39)35-33(3,4)5)22-26-13-8-7-9-14-26/h7-11,13-16,19-21,30H,12,17-18,22-23H2,1-6H3,(H,35,39)/t30-/m1/s1. The van der Waals surface area contributed by atoms with Gasteiger partial charge in [-0.3, -0.25) is 13.9 Å². The molecule has 0 spiro atoms. The first-order valence-corrected chi connectivity index (χ1v) is 16.3. The zero-order valence-corrected chi connectivity index (χ0v) is 26.9. The van der Waals surface area contributed by atoms with E-state index in [9.17, 15) is 18.0 Å². The first kappa shape index (κ1) is 33.1. The Kier molecular flexibility index (Phi) is 11.2. The normalized spacial score (nSPS) is 12.5. The van der Waals surface area contributed by atoms with Crippen LogP contribution in [0.2, 0.25) is 5.02 Å². The van der Waals surface area contributed by atoms with Gasteiger partial charge in [-0.05, 0) is 81.5 Å². The van der Waals surface area contributed by atoms with Gasteiger partial charge >= 0.3 is 0 Å². The molecule has 7 nitrogen and oxygen atoms in total. The van der Waals surface area contributed by atoms with E-state index in [0.717, 1.165) is 22.3 Å². The van der Waals surface area contributed by atoms with E-state index in [0.29, 0.717) is 17.1 Å². The average molecular weight is 612 g/mol. The molecule has 0 saturated carbocycles. The first-order chi connectivity index (χ1) is 19.6. The molecule has 0 aliphatic carbocycles. The topological polar surface area (TPSA) is 86.8 Å². The van der Waals surface area contributed by atoms with Crippen molar-refractivity contribution in [1.29, 1.82) is 0 Å². The summed E-state index contributed by atoms with van der Waals surface area (Å²) in [6.45, 7) is 9.81. The van der Waals surface area contributed by atoms with Crippen molar-refractivity contribution in [2.24, 2.45) is 0 Å². The molecule has 9 heteroatoms. The molecule has 0 aliphatic rings. The van der Waals surface area contributed by atoms with Crippen LogP contribution in [0.25, 0.3) is 0 Å². The van der Waals surface area contributed by atoms with Crippen LogP contribution in [0.15, 0.2) is 72.8 Å². The molecule has 1 atom stereocenters. The number of rotatable bonds is 12. The van der Waals surface area contributed by atoms with Crippen LogP contribution < -0.4 is 9.62 Å². The second-order valence-corrected chi connectivity index (χ2v) is 14.2. The Morgan fingerprint density at radius 1 is 0.929 bits per heavy atom. The Labute approximate surface area is 255 Å². The summed E-state index contributed by atoms with van der Waals surface area (Å²) >= 11 is 6.50. The van der Waals surface area contributed by atoms with Crippen LogP contribution in [-0.2, 0) is 32.6 Å². The molecule has 3 aromatic rings. The minimum atomic E-state index is -3.59. The van der Waals surface area contributed by atoms with Gasteiger partial charge in [-0.15, -0.1) is 0 Å². The molecule has 0 unspecified atom stereocenters. The summed E-state index contributed by atoms with van der Waals surface area (Å²) in [7, 11) is -3.59. The van der Waals surface area contributed by atoms with E-state index in [-0.39, 0.29) is 37.7 Å². The fourth-order valence-electron chi connectivity index (χ4n) is 4.92. The van der Waals surface area contributed by atoms with Crippen molar-refractivity contribution in [3.63, 3.8) is 0 Å². The monoisotopic (exact) mass is 611 g/mol. The van der Waals surface area contributed by atoms with Crippen LogP contribution in [0.3, 0.4) is 0 Å². The highest BCUT2D eigenvalue weighted by Crippen LogP contribution is 2.24. The second kappa shape index (κ2) is 14.2. The number of hydrogen-bond donors (Lipinski definition) is 1. The van der Waals surface area contributed by atoms with Gasteiger partial charge in [0.2, 0.25) is 21.8 Å². The third-order valence-electron chi connectivity index (χ3n) is 6.71. The smallest absolute Gasteiger partial charge is 0.243 e. The SMILES string of the molecule is Cc1cc(C)cc(N(CCCC(=O)N(Cc2ccccc2Cl)[C@H](Cc2ccccc2)C(=O)NC(C)(C)C)S(C)(=O)=O)c1. The molecule has 3 rings (SSSR count). The molecule has 0 fully saturated rings. The Balaban J connectivity index is 1.92. The summed E-state index contributed by atoms with van der Waals surface area (Å²) in [6, 6.07) is 21.7. The second-order valence-electron chi connectivity index (χ2n) is 11.8. The highest BCUT2D eigenvalue weighted by molar-refractivity contribution is 7.92. The number of carbonyl (C=O) groups is 2. The van der Waals surface area contributed by atoms with Gasteiger partial charge in [0.05, 0.1) is 11.9 Å². The highest BCUT2D eigenvalue weighted by atomic mass is 35.5. The van der Waals surface area contributed by atoms with Crippen LogP contribution in [0.1, 0.15) is 55.9 Å². The fourth-order valence-corrected chi connectivity index (χ4v) is 6.06. The summed E-state index contributed by atoms with van der Waals surface area (Å²) in [4.78, 5) is 29.3. The van der Waals surface area contributed by atoms with Crippen LogP contribution in [0.4, 0.5) is 5.69 Å². The summed E-state index contributed by atoms with van der Waals surface area (Å²) in [5.41, 5.74) is 3.61. The molecule has 0 saturated heterocycles. The van der Waals surface area contributed by atoms with E-state index in [1.807, 2.05) is 101 Å². The lowest BCUT2D eigenvalue weighted by Crippen LogP contribution is -2.54. The minimum Gasteiger partial charge on any atom is -0.350 e. The lowest BCUT2D eigenvalue weighted by Gasteiger charge is -2.34. The molecule has 0 radical (unpaired) electrons. The van der Waals surface area contributed by atoms with Gasteiger partial charge in [0.15, 0.2) is 0 Å². The molecular formula is C33H42ClN3O4S. The fraction of sp³-hybridized carbons (Fsp3) is 0.394. The Bertz CT molecular complexity index is 1470. The summed E-state index contributed by atoms with van der Waals surface area (Å²) in [6.07, 6.45) is 1.81. The van der Waals surface area contributed by atoms with E-state index in [1.165, 1.54) is 10.6 Å². The lowest BCUT2D eigenvalue weighted by molar-refractivity contribution is -0.142. The molecule has 2 amide bonds. The maximum Gasteiger partial charge on any atom is 0.243 e. The Morgan fingerprint density at radius 2 is 1.52 bits per heavy atom. The molecular weight excluding hydrogens is 570 g/mol. The average Bonchev–Trinajstić information content (AvgIpc) is 2.87. The maximum atomic E-state index is 14.0. The Hall–Kier alpha value is -3.36. The summed E-state index contributed by atoms with van der Waals surface area (Å²) in [5.74, 6) is -0.520. The molecule has 42 heavy (non-hydrogen) atoms. The number of hydrogen-bond acceptors (Lipinski definition) is 4. The number of aryl methyl sites for hydroxylation is 2. The number of nitrogens with one attached hydrogen (secondary N) is 1. The number of sulfonamides is 1. The van der Waals surface area contributed by atoms with Gasteiger partial charge in [0.1, 0.15) is 6.04 Å². The number of carbonyl (C=O) groups excluding carboxylic acids is 2. The van der Waals surface area contributed by atoms with Gasteiger partial charge in [0, 0.05) is 36.5 Å². The van der Waals surface area contributed by atoms with Crippen molar-refractivity contribution in [3.05, 3.63) is 100 Å². The van der Waals surface area contributed by atoms with Gasteiger partial charge in [-0.25, -0.2) is 8.42 Å². The van der Waals surface area contributed by atoms with E-state index < -0.39 is 21.6 Å². The lowest BCUT2D eigenvalue weighted by atomic mass is 10.00. The number of nitrogens with zero attached hydrogens (tertiary/aromatic N) is 2. The molecule has 226 valence electrons. The van der Waals surface area contributed by atoms with Crippen LogP contribution >= 0.6 is 11.6 Å². The Morgan fingerprint density at radius 3 is 2.10 bits per heavy atom. The van der Waals surface area contributed by atoms with Crippen molar-refractivity contribution in [1.82, 2.24) is 10.2 Å². The number of halogens is 1. The predicted octanol–water partition coefficient (Wildman–Crippen LogP) is 6.06. The van der Waals surface area contributed by atoms with Crippen LogP contribution in [-0.4, -0.2) is 49.5 Å². The third kappa shape index (κ3) is 9.88. The van der Waals surface area contributed by atoms with Crippen molar-refractivity contribution in [2.75, 3.05) is 17.1 Å². The largest absolute Gasteiger partial charge is 0.350 e. The van der Waals surface area contributed by atoms with Gasteiger partial charge in [0.25, 0.3) is 0 Å². The molecule has 1 N–H and O–H groups in total. The maximum absolute atomic E-state index is 14.0. The van der Waals surface area contributed by atoms with Crippen molar-refractivity contribution in [3.8, 4) is 0 Å². The van der Waals surface area contributed by atoms with Crippen LogP contribution in [0, 0.1) is 13.8 Å². The number of anilines is 1. The van der Waals surface area contributed by atoms with Gasteiger partial charge in [-0.2, -0.15) is 0 Å². The molecule has 0 aromatic heterocycles. The highest BCUT2D eigenvalue weighted by Gasteiger charge is 2.32. The predicted molar refractivity (Wildman–Crippen MR) is 171 cm³/mol. The molecule has 3 aromatic carbocycles. The molecule has 0 heterocycles. The van der Waals surface area contributed by atoms with E-state index in [2.05, 4.69) is 5.32 Å². The molecule has 0 aliphatic heterocycles. The van der Waals surface area contributed by atoms with E-state index >= 15 is 0 Å². The summed E-state index contributed by atoms with van der Waals surface area (Å²) in [5, 5.41) is 3.55. The zero-order valence-electron chi connectivity index (χ0n) is 25.4. The van der Waals surface area contributed by atoms with Crippen LogP contribution in [0.5, 0.6) is 0 Å². The van der Waals surface area contributed by atoms with Gasteiger partial charge in [-0.1, -0.05) is 66.2 Å². The van der Waals surface area contributed by atoms with Gasteiger partial charge < -0.3 is 10.2 Å². The minimum absolute atomic E-state index is 0.0510. The van der Waals surface area contributed by atoms with E-state index in [1.54, 1.807) is 11.0 Å². The number of amides is 2. The molecule has 0 bridgehead atoms. The first-order valence-electron chi connectivity index (χ1n) is 14.1. The summed E-state index contributed by atoms with van der Waals surface area (Å²) < 4.78 is 26.8. The van der Waals surface area contributed by atoms with Crippen molar-refractivity contribution >= 4 is 39.1 Å². The number of benzene rings is 3.